The van der Waals surface area contributed by atoms with Crippen molar-refractivity contribution in [1.82, 2.24) is 29.9 Å². The molecule has 10 aromatic rings. The molecule has 12 rings (SSSR count). The molecule has 0 unspecified atom stereocenters. The molecule has 8 aromatic carbocycles. The Kier molecular flexibility index (Phi) is 13.5. The van der Waals surface area contributed by atoms with E-state index in [0.29, 0.717) is 11.6 Å². The van der Waals surface area contributed by atoms with E-state index < -0.39 is 10.8 Å². The summed E-state index contributed by atoms with van der Waals surface area (Å²) in [6, 6.07) is 71.8. The van der Waals surface area contributed by atoms with Crippen LogP contribution < -0.4 is 4.65 Å². The fourth-order valence-corrected chi connectivity index (χ4v) is 11.0. The molecule has 339 valence electrons. The van der Waals surface area contributed by atoms with Gasteiger partial charge in [-0.2, -0.15) is 29.9 Å². The summed E-state index contributed by atoms with van der Waals surface area (Å²) in [5.74, 6) is 1.12. The van der Waals surface area contributed by atoms with Gasteiger partial charge in [0.15, 0.2) is 5.82 Å². The average molecular weight is 1010 g/mol. The smallest absolute Gasteiger partial charge is 0.537 e. The van der Waals surface area contributed by atoms with Crippen molar-refractivity contribution in [2.45, 2.75) is 10.8 Å². The Bertz CT molecular complexity index is 3340. The Morgan fingerprint density at radius 2 is 0.643 bits per heavy atom. The molecule has 0 amide bonds. The predicted octanol–water partition coefficient (Wildman–Crippen LogP) is 14.0. The van der Waals surface area contributed by atoms with Gasteiger partial charge in [0.05, 0.1) is 10.8 Å². The number of halogens is 5. The van der Waals surface area contributed by atoms with E-state index in [1.54, 1.807) is 0 Å². The average Bonchev–Trinajstić information content (AvgIpc) is 3.87. The van der Waals surface area contributed by atoms with E-state index in [1.165, 1.54) is 38.9 Å². The Morgan fingerprint density at radius 1 is 0.329 bits per heavy atom. The first-order chi connectivity index (χ1) is 34.2. The molecule has 2 aromatic heterocycles. The third kappa shape index (κ3) is 8.38. The molecule has 1 radical (unpaired) electrons. The van der Waals surface area contributed by atoms with E-state index in [1.807, 2.05) is 42.5 Å². The summed E-state index contributed by atoms with van der Waals surface area (Å²) in [4.78, 5) is 23.1. The summed E-state index contributed by atoms with van der Waals surface area (Å²) in [5, 5.41) is 9.47. The quantitative estimate of drug-likeness (QED) is 0.157. The first-order valence-corrected chi connectivity index (χ1v) is 23.8. The zero-order valence-corrected chi connectivity index (χ0v) is 40.4. The van der Waals surface area contributed by atoms with Gasteiger partial charge in [0, 0.05) is 11.1 Å². The minimum atomic E-state index is -0.481. The summed E-state index contributed by atoms with van der Waals surface area (Å²) < 4.78 is 5.50. The van der Waals surface area contributed by atoms with Gasteiger partial charge >= 0.3 is 7.69 Å². The SMILES string of the molecule is Clc1nc(Cl)nc(-c2cccc3c2-c2ccccc2C3(c2ccccc2)c2ccccc2)n1.Clc1nc(Cl)nc(Cl)n1.O[B]Oc1cccc2c1-c1ccccc1C2(c1ccccc1)c1ccccc1. The maximum absolute atomic E-state index is 9.32. The zero-order valence-electron chi connectivity index (χ0n) is 36.6. The molecule has 1 N–H and O–H groups in total. The molecule has 0 spiro atoms. The van der Waals surface area contributed by atoms with Gasteiger partial charge in [0.2, 0.25) is 26.4 Å². The Labute approximate surface area is 429 Å². The summed E-state index contributed by atoms with van der Waals surface area (Å²) in [7, 11) is 0.753. The van der Waals surface area contributed by atoms with Crippen LogP contribution in [-0.2, 0) is 10.8 Å². The summed E-state index contributed by atoms with van der Waals surface area (Å²) >= 11 is 28.3. The third-order valence-electron chi connectivity index (χ3n) is 12.5. The number of rotatable bonds is 7. The third-order valence-corrected chi connectivity index (χ3v) is 13.3. The van der Waals surface area contributed by atoms with Crippen molar-refractivity contribution >= 4 is 65.7 Å². The first-order valence-electron chi connectivity index (χ1n) is 21.9. The van der Waals surface area contributed by atoms with E-state index in [9.17, 15) is 5.02 Å². The van der Waals surface area contributed by atoms with Crippen LogP contribution in [0.15, 0.2) is 206 Å². The molecule has 0 saturated heterocycles. The number of fused-ring (bicyclic) bond motifs is 6. The van der Waals surface area contributed by atoms with Crippen molar-refractivity contribution in [2.24, 2.45) is 0 Å². The molecule has 14 heteroatoms. The van der Waals surface area contributed by atoms with Gasteiger partial charge in [-0.15, -0.1) is 0 Å². The van der Waals surface area contributed by atoms with E-state index in [0.717, 1.165) is 41.1 Å². The van der Waals surface area contributed by atoms with Crippen LogP contribution in [-0.4, -0.2) is 42.6 Å². The van der Waals surface area contributed by atoms with Gasteiger partial charge in [0.25, 0.3) is 0 Å². The molecule has 2 heterocycles. The highest BCUT2D eigenvalue weighted by atomic mass is 35.5. The molecule has 8 nitrogen and oxygen atoms in total. The summed E-state index contributed by atoms with van der Waals surface area (Å²) in [6.07, 6.45) is 0. The molecule has 70 heavy (non-hydrogen) atoms. The highest BCUT2D eigenvalue weighted by Crippen LogP contribution is 2.59. The van der Waals surface area contributed by atoms with Crippen LogP contribution in [0, 0.1) is 0 Å². The molecule has 2 aliphatic rings. The summed E-state index contributed by atoms with van der Waals surface area (Å²) in [6.45, 7) is 0. The van der Waals surface area contributed by atoms with Crippen molar-refractivity contribution < 1.29 is 9.68 Å². The number of aromatic nitrogens is 6. The van der Waals surface area contributed by atoms with Crippen LogP contribution in [0.1, 0.15) is 44.5 Å². The van der Waals surface area contributed by atoms with Gasteiger partial charge in [-0.1, -0.05) is 200 Å². The van der Waals surface area contributed by atoms with Crippen molar-refractivity contribution in [2.75, 3.05) is 0 Å². The number of hydrogen-bond acceptors (Lipinski definition) is 8. The summed E-state index contributed by atoms with van der Waals surface area (Å²) in [5.41, 5.74) is 13.9. The normalized spacial score (nSPS) is 12.9. The first kappa shape index (κ1) is 46.8. The Hall–Kier alpha value is -6.95. The van der Waals surface area contributed by atoms with Gasteiger partial charge in [0.1, 0.15) is 5.75 Å². The van der Waals surface area contributed by atoms with E-state index in [4.69, 9.17) is 62.7 Å². The lowest BCUT2D eigenvalue weighted by atomic mass is 9.67. The lowest BCUT2D eigenvalue weighted by Gasteiger charge is -2.33. The highest BCUT2D eigenvalue weighted by molar-refractivity contribution is 6.33. The standard InChI is InChI=1S/C28H17Cl2N3.C25H18BO2.C3Cl3N3/c29-26-31-25(32-27(30)33-26)21-15-9-17-23-24(21)20-14-7-8-16-22(20)28(23,18-10-3-1-4-11-18)19-12-5-2-6-13-19;27-26-28-23-17-9-16-22-24(23)20-14-7-8-15-21(20)25(22,18-10-3-1-4-11-18)19-12-5-2-6-13-19;4-1-7-2(5)9-3(6)8-1/h1-17H;1-17,27H;. The minimum absolute atomic E-state index is 0.000000000000000444. The van der Waals surface area contributed by atoms with Crippen LogP contribution in [0.5, 0.6) is 5.75 Å². The second-order valence-corrected chi connectivity index (χ2v) is 17.7. The van der Waals surface area contributed by atoms with E-state index in [2.05, 4.69) is 194 Å². The largest absolute Gasteiger partial charge is 0.569 e. The van der Waals surface area contributed by atoms with Gasteiger partial charge in [-0.3, -0.25) is 0 Å². The Balaban J connectivity index is 0.000000139. The van der Waals surface area contributed by atoms with Crippen LogP contribution in [0.4, 0.5) is 0 Å². The molecule has 0 fully saturated rings. The molecule has 0 saturated carbocycles. The lowest BCUT2D eigenvalue weighted by molar-refractivity contribution is 0.454. The maximum atomic E-state index is 9.32. The van der Waals surface area contributed by atoms with Crippen LogP contribution >= 0.6 is 58.0 Å². The van der Waals surface area contributed by atoms with E-state index in [-0.39, 0.29) is 26.4 Å². The monoisotopic (exact) mass is 1010 g/mol. The molecule has 2 aliphatic carbocycles. The van der Waals surface area contributed by atoms with Crippen molar-refractivity contribution in [3.05, 3.63) is 277 Å². The molecular formula is C56H35BCl5N6O2. The fraction of sp³-hybridized carbons (Fsp3) is 0.0357. The molecule has 0 bridgehead atoms. The number of benzene rings is 8. The molecule has 0 aliphatic heterocycles. The molecular weight excluding hydrogens is 977 g/mol. The van der Waals surface area contributed by atoms with Crippen LogP contribution in [0.25, 0.3) is 33.6 Å². The van der Waals surface area contributed by atoms with E-state index >= 15 is 0 Å². The highest BCUT2D eigenvalue weighted by Gasteiger charge is 2.48. The maximum Gasteiger partial charge on any atom is 0.569 e. The van der Waals surface area contributed by atoms with Crippen molar-refractivity contribution in [3.8, 4) is 39.4 Å². The van der Waals surface area contributed by atoms with Crippen LogP contribution in [0.3, 0.4) is 0 Å². The fourth-order valence-electron chi connectivity index (χ4n) is 10.0. The topological polar surface area (TPSA) is 107 Å². The predicted molar refractivity (Wildman–Crippen MR) is 280 cm³/mol. The van der Waals surface area contributed by atoms with Crippen molar-refractivity contribution in [3.63, 3.8) is 0 Å². The van der Waals surface area contributed by atoms with Gasteiger partial charge in [-0.05, 0) is 125 Å². The molecule has 0 atom stereocenters. The number of nitrogens with zero attached hydrogens (tertiary/aromatic N) is 6. The van der Waals surface area contributed by atoms with Crippen molar-refractivity contribution in [1.29, 1.82) is 0 Å². The van der Waals surface area contributed by atoms with Gasteiger partial charge < -0.3 is 9.68 Å². The Morgan fingerprint density at radius 3 is 1.06 bits per heavy atom. The minimum Gasteiger partial charge on any atom is -0.537 e. The van der Waals surface area contributed by atoms with Crippen LogP contribution in [0.2, 0.25) is 26.4 Å². The lowest BCUT2D eigenvalue weighted by Crippen LogP contribution is -2.28. The zero-order chi connectivity index (χ0) is 48.2. The van der Waals surface area contributed by atoms with Gasteiger partial charge in [-0.25, -0.2) is 0 Å². The second kappa shape index (κ2) is 20.2. The number of hydrogen-bond donors (Lipinski definition) is 1. The second-order valence-electron chi connectivity index (χ2n) is 16.0.